The van der Waals surface area contributed by atoms with Gasteiger partial charge in [-0.15, -0.1) is 11.3 Å². The molecule has 0 aliphatic heterocycles. The Hall–Kier alpha value is -2.83. The van der Waals surface area contributed by atoms with Crippen molar-refractivity contribution >= 4 is 39.8 Å². The number of halogens is 1. The van der Waals surface area contributed by atoms with E-state index in [1.165, 1.54) is 11.3 Å². The minimum absolute atomic E-state index is 0.191. The van der Waals surface area contributed by atoms with E-state index in [1.54, 1.807) is 37.4 Å². The molecule has 0 bridgehead atoms. The zero-order valence-electron chi connectivity index (χ0n) is 15.4. The van der Waals surface area contributed by atoms with Crippen molar-refractivity contribution in [2.75, 3.05) is 12.4 Å². The van der Waals surface area contributed by atoms with E-state index in [1.807, 2.05) is 31.2 Å². The quantitative estimate of drug-likeness (QED) is 0.602. The summed E-state index contributed by atoms with van der Waals surface area (Å²) in [6.45, 7) is 2.22. The number of rotatable bonds is 6. The molecular weight excluding hydrogens is 396 g/mol. The van der Waals surface area contributed by atoms with Crippen LogP contribution in [0, 0.1) is 6.92 Å². The number of nitrogens with one attached hydrogen (secondary N) is 2. The van der Waals surface area contributed by atoms with Crippen LogP contribution in [0.15, 0.2) is 54.6 Å². The lowest BCUT2D eigenvalue weighted by Gasteiger charge is -2.06. The second kappa shape index (κ2) is 8.91. The third-order valence-electron chi connectivity index (χ3n) is 4.07. The summed E-state index contributed by atoms with van der Waals surface area (Å²) in [5.74, 6) is 0.238. The first kappa shape index (κ1) is 19.9. The van der Waals surface area contributed by atoms with Crippen LogP contribution in [0.1, 0.15) is 31.2 Å². The smallest absolute Gasteiger partial charge is 0.261 e. The number of anilines is 1. The van der Waals surface area contributed by atoms with E-state index in [9.17, 15) is 9.59 Å². The molecule has 0 saturated carbocycles. The zero-order chi connectivity index (χ0) is 20.1. The highest BCUT2D eigenvalue weighted by molar-refractivity contribution is 7.18. The fourth-order valence-corrected chi connectivity index (χ4v) is 3.84. The number of carbonyl (C=O) groups is 2. The van der Waals surface area contributed by atoms with Crippen LogP contribution in [0.25, 0.3) is 0 Å². The van der Waals surface area contributed by atoms with E-state index < -0.39 is 0 Å². The Morgan fingerprint density at radius 2 is 1.86 bits per heavy atom. The molecule has 0 atom stereocenters. The van der Waals surface area contributed by atoms with Crippen molar-refractivity contribution in [3.8, 4) is 5.75 Å². The molecule has 144 valence electrons. The van der Waals surface area contributed by atoms with Gasteiger partial charge in [-0.3, -0.25) is 9.59 Å². The molecule has 0 aliphatic rings. The molecule has 0 spiro atoms. The Labute approximate surface area is 172 Å². The van der Waals surface area contributed by atoms with Crippen molar-refractivity contribution in [2.24, 2.45) is 0 Å². The summed E-state index contributed by atoms with van der Waals surface area (Å²) in [5.41, 5.74) is 2.12. The van der Waals surface area contributed by atoms with Gasteiger partial charge in [0.1, 0.15) is 5.75 Å². The number of methoxy groups -OCH3 is 1. The number of amides is 2. The minimum atomic E-state index is -0.310. The van der Waals surface area contributed by atoms with Crippen LogP contribution in [0.3, 0.4) is 0 Å². The van der Waals surface area contributed by atoms with Gasteiger partial charge in [-0.05, 0) is 48.4 Å². The zero-order valence-corrected chi connectivity index (χ0v) is 17.0. The van der Waals surface area contributed by atoms with E-state index >= 15 is 0 Å². The number of aryl methyl sites for hydroxylation is 1. The Morgan fingerprint density at radius 3 is 2.61 bits per heavy atom. The van der Waals surface area contributed by atoms with Gasteiger partial charge in [-0.25, -0.2) is 0 Å². The van der Waals surface area contributed by atoms with E-state index in [-0.39, 0.29) is 11.8 Å². The normalized spacial score (nSPS) is 10.4. The summed E-state index contributed by atoms with van der Waals surface area (Å²) in [6.07, 6.45) is 0. The number of thiophene rings is 1. The van der Waals surface area contributed by atoms with Crippen LogP contribution >= 0.6 is 22.9 Å². The first-order valence-electron chi connectivity index (χ1n) is 8.55. The van der Waals surface area contributed by atoms with E-state index in [0.717, 1.165) is 16.9 Å². The Balaban J connectivity index is 1.66. The third-order valence-corrected chi connectivity index (χ3v) is 5.55. The molecule has 1 heterocycles. The SMILES string of the molecule is COc1cccc(CNC(=O)c2sc(NC(=O)c3ccccc3Cl)cc2C)c1. The van der Waals surface area contributed by atoms with Gasteiger partial charge in [-0.1, -0.05) is 35.9 Å². The average molecular weight is 415 g/mol. The van der Waals surface area contributed by atoms with Gasteiger partial charge in [0.2, 0.25) is 0 Å². The largest absolute Gasteiger partial charge is 0.497 e. The molecule has 28 heavy (non-hydrogen) atoms. The van der Waals surface area contributed by atoms with Crippen LogP contribution in [-0.2, 0) is 6.54 Å². The highest BCUT2D eigenvalue weighted by atomic mass is 35.5. The molecule has 3 rings (SSSR count). The van der Waals surface area contributed by atoms with Gasteiger partial charge in [0.25, 0.3) is 11.8 Å². The summed E-state index contributed by atoms with van der Waals surface area (Å²) in [5, 5.41) is 6.67. The van der Waals surface area contributed by atoms with Crippen LogP contribution in [-0.4, -0.2) is 18.9 Å². The van der Waals surface area contributed by atoms with E-state index in [4.69, 9.17) is 16.3 Å². The molecule has 3 aromatic rings. The van der Waals surface area contributed by atoms with Crippen molar-refractivity contribution in [2.45, 2.75) is 13.5 Å². The second-order valence-corrected chi connectivity index (χ2v) is 7.55. The monoisotopic (exact) mass is 414 g/mol. The molecule has 2 amide bonds. The molecular formula is C21H19ClN2O3S. The van der Waals surface area contributed by atoms with Crippen LogP contribution < -0.4 is 15.4 Å². The van der Waals surface area contributed by atoms with Crippen molar-refractivity contribution in [1.29, 1.82) is 0 Å². The number of hydrogen-bond donors (Lipinski definition) is 2. The molecule has 7 heteroatoms. The predicted octanol–water partition coefficient (Wildman–Crippen LogP) is 4.90. The summed E-state index contributed by atoms with van der Waals surface area (Å²) in [6, 6.07) is 16.1. The molecule has 0 aliphatic carbocycles. The molecule has 2 aromatic carbocycles. The Kier molecular flexibility index (Phi) is 6.34. The minimum Gasteiger partial charge on any atom is -0.497 e. The molecule has 0 unspecified atom stereocenters. The van der Waals surface area contributed by atoms with Gasteiger partial charge in [0, 0.05) is 6.54 Å². The summed E-state index contributed by atoms with van der Waals surface area (Å²) in [4.78, 5) is 25.5. The maximum Gasteiger partial charge on any atom is 0.261 e. The van der Waals surface area contributed by atoms with Crippen molar-refractivity contribution in [3.05, 3.63) is 81.2 Å². The Bertz CT molecular complexity index is 1020. The van der Waals surface area contributed by atoms with Crippen LogP contribution in [0.5, 0.6) is 5.75 Å². The highest BCUT2D eigenvalue weighted by Crippen LogP contribution is 2.28. The number of carbonyl (C=O) groups excluding carboxylic acids is 2. The highest BCUT2D eigenvalue weighted by Gasteiger charge is 2.16. The van der Waals surface area contributed by atoms with E-state index in [0.29, 0.717) is 27.0 Å². The van der Waals surface area contributed by atoms with Crippen LogP contribution in [0.2, 0.25) is 5.02 Å². The lowest BCUT2D eigenvalue weighted by molar-refractivity contribution is 0.0953. The van der Waals surface area contributed by atoms with Gasteiger partial charge in [-0.2, -0.15) is 0 Å². The van der Waals surface area contributed by atoms with Gasteiger partial charge >= 0.3 is 0 Å². The van der Waals surface area contributed by atoms with Gasteiger partial charge in [0.05, 0.1) is 27.6 Å². The molecule has 5 nitrogen and oxygen atoms in total. The number of benzene rings is 2. The number of hydrogen-bond acceptors (Lipinski definition) is 4. The maximum absolute atomic E-state index is 12.6. The molecule has 0 radical (unpaired) electrons. The second-order valence-electron chi connectivity index (χ2n) is 6.09. The lowest BCUT2D eigenvalue weighted by atomic mass is 10.2. The van der Waals surface area contributed by atoms with Crippen LogP contribution in [0.4, 0.5) is 5.00 Å². The third kappa shape index (κ3) is 4.71. The molecule has 1 aromatic heterocycles. The first-order chi connectivity index (χ1) is 13.5. The molecule has 2 N–H and O–H groups in total. The van der Waals surface area contributed by atoms with E-state index in [2.05, 4.69) is 10.6 Å². The summed E-state index contributed by atoms with van der Waals surface area (Å²) < 4.78 is 5.19. The summed E-state index contributed by atoms with van der Waals surface area (Å²) >= 11 is 7.29. The fourth-order valence-electron chi connectivity index (χ4n) is 2.64. The Morgan fingerprint density at radius 1 is 1.07 bits per heavy atom. The topological polar surface area (TPSA) is 67.4 Å². The lowest BCUT2D eigenvalue weighted by Crippen LogP contribution is -2.22. The average Bonchev–Trinajstić information content (AvgIpc) is 3.06. The van der Waals surface area contributed by atoms with Gasteiger partial charge in [0.15, 0.2) is 0 Å². The van der Waals surface area contributed by atoms with Crippen molar-refractivity contribution < 1.29 is 14.3 Å². The van der Waals surface area contributed by atoms with Crippen molar-refractivity contribution in [3.63, 3.8) is 0 Å². The summed E-state index contributed by atoms with van der Waals surface area (Å²) in [7, 11) is 1.60. The number of ether oxygens (including phenoxy) is 1. The standard InChI is InChI=1S/C21H19ClN2O3S/c1-13-10-18(24-20(25)16-8-3-4-9-17(16)22)28-19(13)21(26)23-12-14-6-5-7-15(11-14)27-2/h3-11H,12H2,1-2H3,(H,23,26)(H,24,25). The molecule has 0 fully saturated rings. The van der Waals surface area contributed by atoms with Gasteiger partial charge < -0.3 is 15.4 Å². The predicted molar refractivity (Wildman–Crippen MR) is 113 cm³/mol. The van der Waals surface area contributed by atoms with Crippen molar-refractivity contribution in [1.82, 2.24) is 5.32 Å². The first-order valence-corrected chi connectivity index (χ1v) is 9.75. The fraction of sp³-hybridized carbons (Fsp3) is 0.143. The maximum atomic E-state index is 12.6. The molecule has 0 saturated heterocycles.